The van der Waals surface area contributed by atoms with E-state index in [1.54, 1.807) is 0 Å². The summed E-state index contributed by atoms with van der Waals surface area (Å²) >= 11 is 0. The zero-order valence-corrected chi connectivity index (χ0v) is 12.0. The van der Waals surface area contributed by atoms with Crippen molar-refractivity contribution in [3.63, 3.8) is 0 Å². The molecule has 0 radical (unpaired) electrons. The van der Waals surface area contributed by atoms with Gasteiger partial charge in [-0.25, -0.2) is 0 Å². The van der Waals surface area contributed by atoms with Gasteiger partial charge in [-0.15, -0.1) is 0 Å². The predicted molar refractivity (Wildman–Crippen MR) is 72.5 cm³/mol. The van der Waals surface area contributed by atoms with Crippen LogP contribution in [0, 0.1) is 11.8 Å². The van der Waals surface area contributed by atoms with E-state index in [1.807, 2.05) is 13.8 Å². The van der Waals surface area contributed by atoms with Crippen LogP contribution in [0.3, 0.4) is 0 Å². The van der Waals surface area contributed by atoms with Crippen LogP contribution in [0.5, 0.6) is 0 Å². The lowest BCUT2D eigenvalue weighted by molar-refractivity contribution is 0.0472. The fraction of sp³-hybridized carbons (Fsp3) is 0.857. The van der Waals surface area contributed by atoms with Gasteiger partial charge in [-0.1, -0.05) is 31.8 Å². The molecule has 0 saturated heterocycles. The summed E-state index contributed by atoms with van der Waals surface area (Å²) in [6, 6.07) is 0. The zero-order chi connectivity index (χ0) is 13.7. The molecular weight excluding hydrogens is 242 g/mol. The van der Waals surface area contributed by atoms with Gasteiger partial charge in [-0.2, -0.15) is 4.98 Å². The first-order valence-corrected chi connectivity index (χ1v) is 7.31. The summed E-state index contributed by atoms with van der Waals surface area (Å²) < 4.78 is 10.9. The largest absolute Gasteiger partial charge is 0.373 e. The molecule has 1 aliphatic carbocycles. The maximum atomic E-state index is 5.82. The third-order valence-electron chi connectivity index (χ3n) is 3.91. The lowest BCUT2D eigenvalue weighted by Crippen LogP contribution is -2.29. The Morgan fingerprint density at radius 3 is 2.68 bits per heavy atom. The first-order chi connectivity index (χ1) is 9.20. The van der Waals surface area contributed by atoms with E-state index in [2.05, 4.69) is 10.1 Å². The van der Waals surface area contributed by atoms with Crippen molar-refractivity contribution in [1.29, 1.82) is 0 Å². The van der Waals surface area contributed by atoms with Gasteiger partial charge in [0, 0.05) is 5.92 Å². The fourth-order valence-corrected chi connectivity index (χ4v) is 2.68. The maximum Gasteiger partial charge on any atom is 0.229 e. The third-order valence-corrected chi connectivity index (χ3v) is 3.91. The minimum Gasteiger partial charge on any atom is -0.373 e. The van der Waals surface area contributed by atoms with Gasteiger partial charge in [0.15, 0.2) is 5.82 Å². The van der Waals surface area contributed by atoms with Crippen LogP contribution < -0.4 is 5.73 Å². The second-order valence-electron chi connectivity index (χ2n) is 5.76. The van der Waals surface area contributed by atoms with Crippen molar-refractivity contribution in [1.82, 2.24) is 10.1 Å². The molecule has 2 rings (SSSR count). The van der Waals surface area contributed by atoms with Crippen molar-refractivity contribution in [3.05, 3.63) is 11.7 Å². The molecule has 0 aromatic carbocycles. The molecule has 5 nitrogen and oxygen atoms in total. The Labute approximate surface area is 114 Å². The number of rotatable bonds is 6. The third kappa shape index (κ3) is 4.01. The van der Waals surface area contributed by atoms with Crippen molar-refractivity contribution < 1.29 is 9.26 Å². The van der Waals surface area contributed by atoms with Crippen LogP contribution in [0.15, 0.2) is 4.52 Å². The molecule has 0 bridgehead atoms. The number of ether oxygens (including phenoxy) is 1. The van der Waals surface area contributed by atoms with Gasteiger partial charge in [0.05, 0.1) is 6.61 Å². The van der Waals surface area contributed by atoms with Crippen LogP contribution in [0.1, 0.15) is 57.2 Å². The average Bonchev–Trinajstić information content (AvgIpc) is 2.88. The van der Waals surface area contributed by atoms with E-state index in [9.17, 15) is 0 Å². The second kappa shape index (κ2) is 7.01. The zero-order valence-electron chi connectivity index (χ0n) is 12.0. The van der Waals surface area contributed by atoms with Crippen LogP contribution >= 0.6 is 0 Å². The lowest BCUT2D eigenvalue weighted by Gasteiger charge is -2.30. The standard InChI is InChI=1S/C14H25N3O2/c1-10(2)14-16-13(17-19-14)9-18-8-12-6-4-3-5-11(12)7-15/h10-12H,3-9,15H2,1-2H3. The molecule has 2 N–H and O–H groups in total. The molecule has 1 fully saturated rings. The van der Waals surface area contributed by atoms with Crippen molar-refractivity contribution in [2.45, 2.75) is 52.1 Å². The monoisotopic (exact) mass is 267 g/mol. The highest BCUT2D eigenvalue weighted by atomic mass is 16.5. The number of hydrogen-bond donors (Lipinski definition) is 1. The van der Waals surface area contributed by atoms with Gasteiger partial charge in [0.25, 0.3) is 0 Å². The molecule has 0 spiro atoms. The second-order valence-corrected chi connectivity index (χ2v) is 5.76. The molecule has 2 atom stereocenters. The first-order valence-electron chi connectivity index (χ1n) is 7.31. The topological polar surface area (TPSA) is 74.2 Å². The van der Waals surface area contributed by atoms with Crippen molar-refractivity contribution in [2.75, 3.05) is 13.2 Å². The maximum absolute atomic E-state index is 5.82. The Morgan fingerprint density at radius 2 is 2.05 bits per heavy atom. The molecule has 1 aromatic rings. The molecule has 5 heteroatoms. The average molecular weight is 267 g/mol. The van der Waals surface area contributed by atoms with E-state index in [1.165, 1.54) is 25.7 Å². The van der Waals surface area contributed by atoms with E-state index < -0.39 is 0 Å². The van der Waals surface area contributed by atoms with E-state index in [4.69, 9.17) is 15.0 Å². The molecule has 1 saturated carbocycles. The molecule has 2 unspecified atom stereocenters. The van der Waals surface area contributed by atoms with Crippen molar-refractivity contribution in [3.8, 4) is 0 Å². The minimum absolute atomic E-state index is 0.265. The molecule has 19 heavy (non-hydrogen) atoms. The highest BCUT2D eigenvalue weighted by Gasteiger charge is 2.24. The molecule has 0 aliphatic heterocycles. The van der Waals surface area contributed by atoms with Crippen molar-refractivity contribution >= 4 is 0 Å². The summed E-state index contributed by atoms with van der Waals surface area (Å²) in [7, 11) is 0. The van der Waals surface area contributed by atoms with Crippen LogP contribution in [-0.4, -0.2) is 23.3 Å². The Kier molecular flexibility index (Phi) is 5.34. The number of aromatic nitrogens is 2. The van der Waals surface area contributed by atoms with Gasteiger partial charge < -0.3 is 15.0 Å². The van der Waals surface area contributed by atoms with Gasteiger partial charge in [0.2, 0.25) is 5.89 Å². The summed E-state index contributed by atoms with van der Waals surface area (Å²) in [5.74, 6) is 2.79. The summed E-state index contributed by atoms with van der Waals surface area (Å²) in [6.45, 7) is 6.03. The Balaban J connectivity index is 1.75. The lowest BCUT2D eigenvalue weighted by atomic mass is 9.80. The van der Waals surface area contributed by atoms with E-state index in [0.717, 1.165) is 13.2 Å². The smallest absolute Gasteiger partial charge is 0.229 e. The number of hydrogen-bond acceptors (Lipinski definition) is 5. The summed E-state index contributed by atoms with van der Waals surface area (Å²) in [5.41, 5.74) is 5.82. The predicted octanol–water partition coefficient (Wildman–Crippen LogP) is 2.47. The quantitative estimate of drug-likeness (QED) is 0.857. The van der Waals surface area contributed by atoms with E-state index in [0.29, 0.717) is 30.2 Å². The molecule has 1 heterocycles. The Bertz CT molecular complexity index is 379. The SMILES string of the molecule is CC(C)c1nc(COCC2CCCCC2CN)no1. The minimum atomic E-state index is 0.265. The normalized spacial score (nSPS) is 24.0. The molecule has 108 valence electrons. The van der Waals surface area contributed by atoms with Crippen LogP contribution in [-0.2, 0) is 11.3 Å². The summed E-state index contributed by atoms with van der Waals surface area (Å²) in [6.07, 6.45) is 5.07. The highest BCUT2D eigenvalue weighted by Crippen LogP contribution is 2.29. The van der Waals surface area contributed by atoms with Gasteiger partial charge >= 0.3 is 0 Å². The molecule has 1 aromatic heterocycles. The van der Waals surface area contributed by atoms with Crippen LogP contribution in [0.25, 0.3) is 0 Å². The number of nitrogens with two attached hydrogens (primary N) is 1. The van der Waals surface area contributed by atoms with Gasteiger partial charge in [-0.3, -0.25) is 0 Å². The highest BCUT2D eigenvalue weighted by molar-refractivity contribution is 4.89. The Hall–Kier alpha value is -0.940. The molecule has 0 amide bonds. The van der Waals surface area contributed by atoms with E-state index >= 15 is 0 Å². The summed E-state index contributed by atoms with van der Waals surface area (Å²) in [4.78, 5) is 4.30. The summed E-state index contributed by atoms with van der Waals surface area (Å²) in [5, 5.41) is 3.92. The van der Waals surface area contributed by atoms with E-state index in [-0.39, 0.29) is 5.92 Å². The molecular formula is C14H25N3O2. The number of nitrogens with zero attached hydrogens (tertiary/aromatic N) is 2. The Morgan fingerprint density at radius 1 is 1.32 bits per heavy atom. The van der Waals surface area contributed by atoms with Gasteiger partial charge in [0.1, 0.15) is 6.61 Å². The van der Waals surface area contributed by atoms with Crippen LogP contribution in [0.4, 0.5) is 0 Å². The van der Waals surface area contributed by atoms with Gasteiger partial charge in [-0.05, 0) is 31.2 Å². The molecule has 1 aliphatic rings. The van der Waals surface area contributed by atoms with Crippen LogP contribution in [0.2, 0.25) is 0 Å². The van der Waals surface area contributed by atoms with Crippen molar-refractivity contribution in [2.24, 2.45) is 17.6 Å². The first kappa shape index (κ1) is 14.5. The fourth-order valence-electron chi connectivity index (χ4n) is 2.68.